The molecule has 1 saturated heterocycles. The first-order valence-electron chi connectivity index (χ1n) is 9.47. The molecule has 0 spiro atoms. The lowest BCUT2D eigenvalue weighted by atomic mass is 10.2. The third-order valence-corrected chi connectivity index (χ3v) is 5.60. The number of rotatable bonds is 5. The van der Waals surface area contributed by atoms with Crippen molar-refractivity contribution in [2.24, 2.45) is 5.10 Å². The number of aromatic nitrogens is 3. The number of aryl methyl sites for hydroxylation is 1. The summed E-state index contributed by atoms with van der Waals surface area (Å²) in [6.45, 7) is 6.70. The van der Waals surface area contributed by atoms with Crippen LogP contribution in [0.2, 0.25) is 5.02 Å². The molecule has 1 fully saturated rings. The van der Waals surface area contributed by atoms with Gasteiger partial charge >= 0.3 is 0 Å². The van der Waals surface area contributed by atoms with Crippen molar-refractivity contribution >= 4 is 30.0 Å². The maximum Gasteiger partial charge on any atom is 0.220 e. The number of benzene rings is 1. The van der Waals surface area contributed by atoms with E-state index >= 15 is 0 Å². The molecule has 0 saturated carbocycles. The van der Waals surface area contributed by atoms with Gasteiger partial charge in [0.1, 0.15) is 11.5 Å². The molecule has 3 aromatic rings. The molecular formula is C20H23ClN6OS. The summed E-state index contributed by atoms with van der Waals surface area (Å²) in [5, 5.41) is 9.74. The zero-order valence-corrected chi connectivity index (χ0v) is 18.0. The summed E-state index contributed by atoms with van der Waals surface area (Å²) < 4.78 is 9.93. The van der Waals surface area contributed by atoms with Crippen molar-refractivity contribution in [2.75, 3.05) is 33.2 Å². The average Bonchev–Trinajstić information content (AvgIpc) is 3.28. The van der Waals surface area contributed by atoms with Crippen molar-refractivity contribution in [1.82, 2.24) is 24.3 Å². The normalized spacial score (nSPS) is 16.1. The molecular weight excluding hydrogens is 408 g/mol. The van der Waals surface area contributed by atoms with Crippen LogP contribution in [0.5, 0.6) is 0 Å². The molecule has 0 radical (unpaired) electrons. The molecule has 3 heterocycles. The highest BCUT2D eigenvalue weighted by molar-refractivity contribution is 7.71. The Morgan fingerprint density at radius 3 is 2.59 bits per heavy atom. The molecule has 1 aromatic carbocycles. The minimum atomic E-state index is 0.571. The van der Waals surface area contributed by atoms with Crippen molar-refractivity contribution in [3.8, 4) is 11.3 Å². The summed E-state index contributed by atoms with van der Waals surface area (Å²) in [6.07, 6.45) is 1.66. The first kappa shape index (κ1) is 20.0. The van der Waals surface area contributed by atoms with E-state index in [0.717, 1.165) is 43.3 Å². The Morgan fingerprint density at radius 1 is 1.14 bits per heavy atom. The Balaban J connectivity index is 1.48. The van der Waals surface area contributed by atoms with E-state index in [-0.39, 0.29) is 0 Å². The van der Waals surface area contributed by atoms with E-state index in [1.54, 1.807) is 10.9 Å². The smallest absolute Gasteiger partial charge is 0.220 e. The van der Waals surface area contributed by atoms with Gasteiger partial charge in [0, 0.05) is 36.8 Å². The van der Waals surface area contributed by atoms with Crippen LogP contribution < -0.4 is 0 Å². The Labute approximate surface area is 179 Å². The van der Waals surface area contributed by atoms with E-state index in [9.17, 15) is 0 Å². The highest BCUT2D eigenvalue weighted by atomic mass is 35.5. The summed E-state index contributed by atoms with van der Waals surface area (Å²) in [7, 11) is 2.14. The second-order valence-electron chi connectivity index (χ2n) is 7.16. The molecule has 29 heavy (non-hydrogen) atoms. The fraction of sp³-hybridized carbons (Fsp3) is 0.350. The predicted octanol–water partition coefficient (Wildman–Crippen LogP) is 3.72. The van der Waals surface area contributed by atoms with Crippen molar-refractivity contribution < 1.29 is 4.42 Å². The third-order valence-electron chi connectivity index (χ3n) is 4.96. The number of likely N-dealkylation sites (N-methyl/N-ethyl adjacent to an activating group) is 1. The molecule has 0 atom stereocenters. The van der Waals surface area contributed by atoms with E-state index in [0.29, 0.717) is 22.2 Å². The van der Waals surface area contributed by atoms with Crippen LogP contribution in [0.25, 0.3) is 11.3 Å². The molecule has 0 unspecified atom stereocenters. The zero-order chi connectivity index (χ0) is 20.4. The summed E-state index contributed by atoms with van der Waals surface area (Å²) in [6, 6.07) is 11.3. The topological polar surface area (TPSA) is 54.7 Å². The van der Waals surface area contributed by atoms with Gasteiger partial charge < -0.3 is 9.32 Å². The number of furan rings is 1. The largest absolute Gasteiger partial charge is 0.455 e. The monoisotopic (exact) mass is 430 g/mol. The summed E-state index contributed by atoms with van der Waals surface area (Å²) in [5.74, 6) is 2.14. The third kappa shape index (κ3) is 4.67. The molecule has 1 aliphatic heterocycles. The van der Waals surface area contributed by atoms with E-state index in [4.69, 9.17) is 28.2 Å². The molecule has 152 valence electrons. The summed E-state index contributed by atoms with van der Waals surface area (Å²) in [4.78, 5) is 4.67. The standard InChI is InChI=1S/C20H23ClN6OS/c1-15-23-26(14-25-11-9-24(2)10-12-25)20(29)27(15)22-13-18-7-8-19(28-18)16-3-5-17(21)6-4-16/h3-8,13H,9-12,14H2,1-2H3/b22-13+. The molecule has 7 nitrogen and oxygen atoms in total. The quantitative estimate of drug-likeness (QED) is 0.456. The lowest BCUT2D eigenvalue weighted by Gasteiger charge is -2.31. The fourth-order valence-corrected chi connectivity index (χ4v) is 3.62. The second-order valence-corrected chi connectivity index (χ2v) is 7.96. The first-order valence-corrected chi connectivity index (χ1v) is 10.3. The average molecular weight is 431 g/mol. The number of piperazine rings is 1. The van der Waals surface area contributed by atoms with Crippen LogP contribution in [-0.2, 0) is 6.67 Å². The lowest BCUT2D eigenvalue weighted by molar-refractivity contribution is 0.118. The Bertz CT molecular complexity index is 1060. The molecule has 9 heteroatoms. The number of halogens is 1. The van der Waals surface area contributed by atoms with Crippen LogP contribution in [0.1, 0.15) is 11.6 Å². The van der Waals surface area contributed by atoms with Gasteiger partial charge in [-0.15, -0.1) is 0 Å². The van der Waals surface area contributed by atoms with Gasteiger partial charge in [-0.25, -0.2) is 4.68 Å². The van der Waals surface area contributed by atoms with Crippen molar-refractivity contribution in [3.05, 3.63) is 57.8 Å². The van der Waals surface area contributed by atoms with Crippen LogP contribution in [-0.4, -0.2) is 63.7 Å². The van der Waals surface area contributed by atoms with Crippen LogP contribution in [0.3, 0.4) is 0 Å². The summed E-state index contributed by atoms with van der Waals surface area (Å²) >= 11 is 11.5. The number of nitrogens with zero attached hydrogens (tertiary/aromatic N) is 6. The zero-order valence-electron chi connectivity index (χ0n) is 16.5. The maximum atomic E-state index is 5.94. The fourth-order valence-electron chi connectivity index (χ4n) is 3.22. The van der Waals surface area contributed by atoms with E-state index in [2.05, 4.69) is 27.0 Å². The Kier molecular flexibility index (Phi) is 5.96. The van der Waals surface area contributed by atoms with Gasteiger partial charge in [0.2, 0.25) is 4.77 Å². The molecule has 0 N–H and O–H groups in total. The van der Waals surface area contributed by atoms with Crippen molar-refractivity contribution in [1.29, 1.82) is 0 Å². The van der Waals surface area contributed by atoms with E-state index in [1.807, 2.05) is 48.0 Å². The van der Waals surface area contributed by atoms with Gasteiger partial charge in [-0.3, -0.25) is 4.90 Å². The van der Waals surface area contributed by atoms with Gasteiger partial charge in [-0.1, -0.05) is 11.6 Å². The second kappa shape index (κ2) is 8.62. The molecule has 2 aromatic heterocycles. The molecule has 4 rings (SSSR count). The van der Waals surface area contributed by atoms with Gasteiger partial charge in [0.15, 0.2) is 5.82 Å². The predicted molar refractivity (Wildman–Crippen MR) is 117 cm³/mol. The van der Waals surface area contributed by atoms with Gasteiger partial charge in [-0.2, -0.15) is 14.9 Å². The van der Waals surface area contributed by atoms with Crippen LogP contribution in [0.4, 0.5) is 0 Å². The van der Waals surface area contributed by atoms with E-state index in [1.165, 1.54) is 0 Å². The molecule has 0 amide bonds. The highest BCUT2D eigenvalue weighted by Crippen LogP contribution is 2.23. The Morgan fingerprint density at radius 2 is 1.86 bits per heavy atom. The van der Waals surface area contributed by atoms with Gasteiger partial charge in [0.05, 0.1) is 12.9 Å². The van der Waals surface area contributed by atoms with Crippen LogP contribution in [0.15, 0.2) is 45.9 Å². The maximum absolute atomic E-state index is 5.94. The Hall–Kier alpha value is -2.26. The van der Waals surface area contributed by atoms with Gasteiger partial charge in [-0.05, 0) is 62.6 Å². The highest BCUT2D eigenvalue weighted by Gasteiger charge is 2.16. The first-order chi connectivity index (χ1) is 14.0. The number of hydrogen-bond acceptors (Lipinski definition) is 6. The minimum absolute atomic E-state index is 0.571. The minimum Gasteiger partial charge on any atom is -0.455 e. The molecule has 1 aliphatic rings. The van der Waals surface area contributed by atoms with Crippen molar-refractivity contribution in [3.63, 3.8) is 0 Å². The van der Waals surface area contributed by atoms with Crippen LogP contribution >= 0.6 is 23.8 Å². The summed E-state index contributed by atoms with van der Waals surface area (Å²) in [5.41, 5.74) is 0.960. The lowest BCUT2D eigenvalue weighted by Crippen LogP contribution is -2.45. The van der Waals surface area contributed by atoms with Crippen molar-refractivity contribution in [2.45, 2.75) is 13.6 Å². The SMILES string of the molecule is Cc1nn(CN2CCN(C)CC2)c(=S)n1/N=C/c1ccc(-c2ccc(Cl)cc2)o1. The molecule has 0 aliphatic carbocycles. The molecule has 0 bridgehead atoms. The van der Waals surface area contributed by atoms with E-state index < -0.39 is 0 Å². The van der Waals surface area contributed by atoms with Gasteiger partial charge in [0.25, 0.3) is 0 Å². The van der Waals surface area contributed by atoms with Crippen LogP contribution in [0, 0.1) is 11.7 Å². The number of hydrogen-bond donors (Lipinski definition) is 0.